The summed E-state index contributed by atoms with van der Waals surface area (Å²) in [6.45, 7) is 0.889. The molecule has 25 heavy (non-hydrogen) atoms. The molecule has 6 nitrogen and oxygen atoms in total. The summed E-state index contributed by atoms with van der Waals surface area (Å²) in [4.78, 5) is 23.7. The first-order valence-corrected chi connectivity index (χ1v) is 8.08. The molecule has 0 spiro atoms. The summed E-state index contributed by atoms with van der Waals surface area (Å²) >= 11 is 5.86. The molecule has 0 saturated carbocycles. The Bertz CT molecular complexity index is 791. The summed E-state index contributed by atoms with van der Waals surface area (Å²) in [7, 11) is 0. The molecule has 3 rings (SSSR count). The standard InChI is InChI=1S/C18H16ClNO5/c19-13-4-1-11(2-5-13)14(10-17(21)22)20-18(23)12-3-6-15-16(9-12)25-8-7-24-15/h1-6,9,14H,7-8,10H2,(H,20,23)(H,21,22). The highest BCUT2D eigenvalue weighted by molar-refractivity contribution is 6.30. The van der Waals surface area contributed by atoms with Crippen LogP contribution in [0, 0.1) is 0 Å². The second-order valence-corrected chi connectivity index (χ2v) is 5.97. The molecule has 0 fully saturated rings. The van der Waals surface area contributed by atoms with Gasteiger partial charge in [0, 0.05) is 10.6 Å². The van der Waals surface area contributed by atoms with Gasteiger partial charge in [-0.1, -0.05) is 23.7 Å². The normalized spacial score (nSPS) is 13.8. The first-order chi connectivity index (χ1) is 12.0. The molecule has 1 aliphatic rings. The first kappa shape index (κ1) is 17.1. The van der Waals surface area contributed by atoms with Crippen LogP contribution in [0.2, 0.25) is 5.02 Å². The van der Waals surface area contributed by atoms with Gasteiger partial charge >= 0.3 is 5.97 Å². The highest BCUT2D eigenvalue weighted by Gasteiger charge is 2.21. The number of amides is 1. The number of rotatable bonds is 5. The zero-order valence-electron chi connectivity index (χ0n) is 13.2. The Kier molecular flexibility index (Phi) is 5.09. The lowest BCUT2D eigenvalue weighted by molar-refractivity contribution is -0.137. The Balaban J connectivity index is 1.80. The Labute approximate surface area is 149 Å². The van der Waals surface area contributed by atoms with Crippen molar-refractivity contribution in [2.24, 2.45) is 0 Å². The van der Waals surface area contributed by atoms with Crippen LogP contribution in [0.4, 0.5) is 0 Å². The molecule has 0 radical (unpaired) electrons. The van der Waals surface area contributed by atoms with E-state index in [2.05, 4.69) is 5.32 Å². The van der Waals surface area contributed by atoms with E-state index >= 15 is 0 Å². The van der Waals surface area contributed by atoms with Gasteiger partial charge in [0.15, 0.2) is 11.5 Å². The lowest BCUT2D eigenvalue weighted by Gasteiger charge is -2.20. The van der Waals surface area contributed by atoms with Crippen molar-refractivity contribution in [3.05, 3.63) is 58.6 Å². The molecule has 7 heteroatoms. The van der Waals surface area contributed by atoms with Crippen molar-refractivity contribution in [1.29, 1.82) is 0 Å². The number of hydrogen-bond donors (Lipinski definition) is 2. The molecule has 2 N–H and O–H groups in total. The second kappa shape index (κ2) is 7.44. The van der Waals surface area contributed by atoms with Crippen molar-refractivity contribution in [2.75, 3.05) is 13.2 Å². The quantitative estimate of drug-likeness (QED) is 0.855. The van der Waals surface area contributed by atoms with E-state index in [1.807, 2.05) is 0 Å². The molecule has 2 aromatic carbocycles. The Hall–Kier alpha value is -2.73. The predicted octanol–water partition coefficient (Wildman–Crippen LogP) is 3.06. The van der Waals surface area contributed by atoms with E-state index in [9.17, 15) is 9.59 Å². The molecule has 1 heterocycles. The van der Waals surface area contributed by atoms with Crippen LogP contribution in [0.1, 0.15) is 28.4 Å². The smallest absolute Gasteiger partial charge is 0.305 e. The molecule has 1 aliphatic heterocycles. The minimum atomic E-state index is -1.01. The SMILES string of the molecule is O=C(O)CC(NC(=O)c1ccc2c(c1)OCCO2)c1ccc(Cl)cc1. The number of aliphatic carboxylic acids is 1. The van der Waals surface area contributed by atoms with E-state index in [1.165, 1.54) is 0 Å². The maximum absolute atomic E-state index is 12.5. The van der Waals surface area contributed by atoms with E-state index < -0.39 is 17.9 Å². The molecule has 2 aromatic rings. The van der Waals surface area contributed by atoms with Crippen molar-refractivity contribution >= 4 is 23.5 Å². The third-order valence-corrected chi connectivity index (χ3v) is 4.01. The van der Waals surface area contributed by atoms with Crippen LogP contribution in [0.3, 0.4) is 0 Å². The minimum absolute atomic E-state index is 0.238. The highest BCUT2D eigenvalue weighted by atomic mass is 35.5. The first-order valence-electron chi connectivity index (χ1n) is 7.70. The van der Waals surface area contributed by atoms with Crippen molar-refractivity contribution < 1.29 is 24.2 Å². The predicted molar refractivity (Wildman–Crippen MR) is 91.3 cm³/mol. The third kappa shape index (κ3) is 4.22. The van der Waals surface area contributed by atoms with Crippen LogP contribution in [0.15, 0.2) is 42.5 Å². The van der Waals surface area contributed by atoms with Gasteiger partial charge in [-0.3, -0.25) is 9.59 Å². The fourth-order valence-corrected chi connectivity index (χ4v) is 2.67. The summed E-state index contributed by atoms with van der Waals surface area (Å²) in [5.74, 6) is -0.316. The van der Waals surface area contributed by atoms with E-state index in [0.29, 0.717) is 40.9 Å². The van der Waals surface area contributed by atoms with Gasteiger partial charge in [0.25, 0.3) is 5.91 Å². The van der Waals surface area contributed by atoms with Gasteiger partial charge in [-0.15, -0.1) is 0 Å². The Morgan fingerprint density at radius 3 is 2.44 bits per heavy atom. The molecular formula is C18H16ClNO5. The number of fused-ring (bicyclic) bond motifs is 1. The largest absolute Gasteiger partial charge is 0.486 e. The number of carboxylic acids is 1. The molecule has 0 bridgehead atoms. The number of benzene rings is 2. The summed E-state index contributed by atoms with van der Waals surface area (Å²) in [5, 5.41) is 12.4. The van der Waals surface area contributed by atoms with E-state index in [4.69, 9.17) is 26.2 Å². The lowest BCUT2D eigenvalue weighted by Crippen LogP contribution is -2.30. The van der Waals surface area contributed by atoms with Crippen molar-refractivity contribution in [2.45, 2.75) is 12.5 Å². The van der Waals surface area contributed by atoms with Crippen molar-refractivity contribution in [3.63, 3.8) is 0 Å². The number of carbonyl (C=O) groups excluding carboxylic acids is 1. The number of nitrogens with one attached hydrogen (secondary N) is 1. The summed E-state index contributed by atoms with van der Waals surface area (Å²) in [6, 6.07) is 10.9. The van der Waals surface area contributed by atoms with Crippen LogP contribution < -0.4 is 14.8 Å². The average Bonchev–Trinajstić information content (AvgIpc) is 2.61. The van der Waals surface area contributed by atoms with E-state index in [1.54, 1.807) is 42.5 Å². The second-order valence-electron chi connectivity index (χ2n) is 5.53. The zero-order valence-corrected chi connectivity index (χ0v) is 14.0. The molecule has 0 aliphatic carbocycles. The summed E-state index contributed by atoms with van der Waals surface area (Å²) < 4.78 is 10.9. The number of carboxylic acid groups (broad SMARTS) is 1. The number of carbonyl (C=O) groups is 2. The maximum atomic E-state index is 12.5. The van der Waals surface area contributed by atoms with Crippen LogP contribution in [-0.4, -0.2) is 30.2 Å². The number of hydrogen-bond acceptors (Lipinski definition) is 4. The molecule has 1 amide bonds. The topological polar surface area (TPSA) is 84.9 Å². The highest BCUT2D eigenvalue weighted by Crippen LogP contribution is 2.31. The molecule has 1 atom stereocenters. The fourth-order valence-electron chi connectivity index (χ4n) is 2.55. The van der Waals surface area contributed by atoms with Gasteiger partial charge in [0.2, 0.25) is 0 Å². The van der Waals surface area contributed by atoms with Crippen molar-refractivity contribution in [1.82, 2.24) is 5.32 Å². The fraction of sp³-hybridized carbons (Fsp3) is 0.222. The zero-order chi connectivity index (χ0) is 17.8. The molecule has 0 aromatic heterocycles. The van der Waals surface area contributed by atoms with Gasteiger partial charge in [0.1, 0.15) is 13.2 Å². The van der Waals surface area contributed by atoms with Crippen LogP contribution in [0.5, 0.6) is 11.5 Å². The van der Waals surface area contributed by atoms with Crippen molar-refractivity contribution in [3.8, 4) is 11.5 Å². The van der Waals surface area contributed by atoms with Crippen LogP contribution >= 0.6 is 11.6 Å². The Morgan fingerprint density at radius 1 is 1.08 bits per heavy atom. The van der Waals surface area contributed by atoms with Gasteiger partial charge < -0.3 is 19.9 Å². The average molecular weight is 362 g/mol. The lowest BCUT2D eigenvalue weighted by atomic mass is 10.0. The van der Waals surface area contributed by atoms with Gasteiger partial charge in [-0.05, 0) is 35.9 Å². The van der Waals surface area contributed by atoms with Gasteiger partial charge in [-0.25, -0.2) is 0 Å². The molecule has 0 saturated heterocycles. The third-order valence-electron chi connectivity index (χ3n) is 3.76. The maximum Gasteiger partial charge on any atom is 0.305 e. The number of halogens is 1. The number of ether oxygens (including phenoxy) is 2. The van der Waals surface area contributed by atoms with Gasteiger partial charge in [-0.2, -0.15) is 0 Å². The van der Waals surface area contributed by atoms with Crippen LogP contribution in [-0.2, 0) is 4.79 Å². The molecule has 130 valence electrons. The van der Waals surface area contributed by atoms with Gasteiger partial charge in [0.05, 0.1) is 12.5 Å². The summed E-state index contributed by atoms with van der Waals surface area (Å²) in [5.41, 5.74) is 1.03. The minimum Gasteiger partial charge on any atom is -0.486 e. The Morgan fingerprint density at radius 2 is 1.76 bits per heavy atom. The molecular weight excluding hydrogens is 346 g/mol. The van der Waals surface area contributed by atoms with Crippen LogP contribution in [0.25, 0.3) is 0 Å². The summed E-state index contributed by atoms with van der Waals surface area (Å²) in [6.07, 6.45) is -0.238. The monoisotopic (exact) mass is 361 g/mol. The molecule has 1 unspecified atom stereocenters. The van der Waals surface area contributed by atoms with E-state index in [-0.39, 0.29) is 6.42 Å². The van der Waals surface area contributed by atoms with E-state index in [0.717, 1.165) is 0 Å².